The van der Waals surface area contributed by atoms with Gasteiger partial charge in [0.05, 0.1) is 17.1 Å². The van der Waals surface area contributed by atoms with E-state index >= 15 is 0 Å². The molecule has 0 radical (unpaired) electrons. The largest absolute Gasteiger partial charge is 0.508 e. The fourth-order valence-corrected chi connectivity index (χ4v) is 4.74. The Labute approximate surface area is 192 Å². The van der Waals surface area contributed by atoms with Crippen molar-refractivity contribution in [3.63, 3.8) is 0 Å². The number of rotatable bonds is 2. The molecule has 3 aliphatic heterocycles. The topological polar surface area (TPSA) is 105 Å². The van der Waals surface area contributed by atoms with Gasteiger partial charge in [0.25, 0.3) is 0 Å². The van der Waals surface area contributed by atoms with Crippen molar-refractivity contribution in [3.8, 4) is 28.7 Å². The molecule has 3 aliphatic rings. The summed E-state index contributed by atoms with van der Waals surface area (Å²) in [6.07, 6.45) is 3.27. The zero-order valence-corrected chi connectivity index (χ0v) is 19.1. The number of ether oxygens (including phenoxy) is 3. The molecule has 7 heteroatoms. The normalized spacial score (nSPS) is 27.7. The lowest BCUT2D eigenvalue weighted by Crippen LogP contribution is -2.43. The van der Waals surface area contributed by atoms with E-state index in [1.165, 1.54) is 18.2 Å². The minimum Gasteiger partial charge on any atom is -0.508 e. The predicted octanol–water partition coefficient (Wildman–Crippen LogP) is 4.53. The second-order valence-electron chi connectivity index (χ2n) is 9.84. The molecule has 4 atom stereocenters. The number of fused-ring (bicyclic) bond motifs is 6. The molecule has 3 N–H and O–H groups in total. The summed E-state index contributed by atoms with van der Waals surface area (Å²) in [6, 6.07) is 6.12. The Morgan fingerprint density at radius 3 is 2.61 bits per heavy atom. The Hall–Kier alpha value is -3.19. The highest BCUT2D eigenvalue weighted by Gasteiger charge is 2.48. The quantitative estimate of drug-likeness (QED) is 0.615. The van der Waals surface area contributed by atoms with Crippen LogP contribution in [0.5, 0.6) is 28.7 Å². The molecule has 33 heavy (non-hydrogen) atoms. The first-order chi connectivity index (χ1) is 15.5. The van der Waals surface area contributed by atoms with Crippen LogP contribution in [0.3, 0.4) is 0 Å². The molecule has 174 valence electrons. The highest BCUT2D eigenvalue weighted by Crippen LogP contribution is 2.53. The molecule has 2 aromatic carbocycles. The van der Waals surface area contributed by atoms with E-state index in [0.717, 1.165) is 6.42 Å². The van der Waals surface area contributed by atoms with Crippen molar-refractivity contribution in [2.24, 2.45) is 5.92 Å². The zero-order chi connectivity index (χ0) is 23.7. The Balaban J connectivity index is 1.68. The average molecular weight is 453 g/mol. The first kappa shape index (κ1) is 21.6. The van der Waals surface area contributed by atoms with E-state index in [1.54, 1.807) is 19.9 Å². The van der Waals surface area contributed by atoms with Gasteiger partial charge in [-0.05, 0) is 51.5 Å². The Morgan fingerprint density at radius 2 is 1.91 bits per heavy atom. The van der Waals surface area contributed by atoms with Gasteiger partial charge in [0.2, 0.25) is 0 Å². The monoisotopic (exact) mass is 452 g/mol. The molecule has 5 rings (SSSR count). The number of aromatic hydroxyl groups is 2. The maximum atomic E-state index is 13.8. The molecule has 0 spiro atoms. The molecule has 0 fully saturated rings. The van der Waals surface area contributed by atoms with Gasteiger partial charge in [0.15, 0.2) is 5.78 Å². The van der Waals surface area contributed by atoms with E-state index in [-0.39, 0.29) is 35.0 Å². The molecule has 0 aliphatic carbocycles. The van der Waals surface area contributed by atoms with Crippen LogP contribution in [0.4, 0.5) is 0 Å². The van der Waals surface area contributed by atoms with Gasteiger partial charge in [-0.3, -0.25) is 4.79 Å². The molecule has 0 amide bonds. The summed E-state index contributed by atoms with van der Waals surface area (Å²) >= 11 is 0. The SMILES string of the molecule is CCC1(C)C=Cc2c(cc(O)c3c2OC2c4ccc(O)cc4O[C@H](C(C)(C)O)CC2C3=O)O1. The highest BCUT2D eigenvalue weighted by atomic mass is 16.5. The molecule has 3 heterocycles. The Bertz CT molecular complexity index is 1180. The van der Waals surface area contributed by atoms with Crippen LogP contribution in [-0.2, 0) is 0 Å². The van der Waals surface area contributed by atoms with Crippen LogP contribution in [0.1, 0.15) is 68.1 Å². The van der Waals surface area contributed by atoms with Crippen LogP contribution >= 0.6 is 0 Å². The number of carbonyl (C=O) groups excluding carboxylic acids is 1. The summed E-state index contributed by atoms with van der Waals surface area (Å²) < 4.78 is 18.7. The van der Waals surface area contributed by atoms with Crippen molar-refractivity contribution in [1.29, 1.82) is 0 Å². The van der Waals surface area contributed by atoms with E-state index in [4.69, 9.17) is 14.2 Å². The second-order valence-corrected chi connectivity index (χ2v) is 9.84. The number of aliphatic hydroxyl groups is 1. The molecule has 0 saturated carbocycles. The standard InChI is InChI=1S/C26H28O7/c1-5-26(4)9-8-15-19(33-26)12-17(28)21-22(29)16-11-20(25(2,3)30)31-18-10-13(27)6-7-14(18)23(16)32-24(15)21/h6-10,12,16,20,23,27-28,30H,5,11H2,1-4H3/t16?,20-,23?,26?/m0/s1. The number of ketones is 1. The fraction of sp³-hybridized carbons (Fsp3) is 0.423. The molecular weight excluding hydrogens is 424 g/mol. The third-order valence-corrected chi connectivity index (χ3v) is 6.93. The zero-order valence-electron chi connectivity index (χ0n) is 19.1. The van der Waals surface area contributed by atoms with Gasteiger partial charge in [-0.25, -0.2) is 0 Å². The van der Waals surface area contributed by atoms with Crippen LogP contribution < -0.4 is 14.2 Å². The van der Waals surface area contributed by atoms with Crippen LogP contribution in [0, 0.1) is 5.92 Å². The number of phenolic OH excluding ortho intramolecular Hbond substituents is 2. The first-order valence-corrected chi connectivity index (χ1v) is 11.2. The van der Waals surface area contributed by atoms with Gasteiger partial charge in [0.1, 0.15) is 52.1 Å². The number of carbonyl (C=O) groups is 1. The molecule has 0 bridgehead atoms. The lowest BCUT2D eigenvalue weighted by molar-refractivity contribution is -0.0436. The number of Topliss-reactive ketones (excluding diaryl/α,β-unsaturated/α-hetero) is 1. The van der Waals surface area contributed by atoms with Gasteiger partial charge in [-0.1, -0.05) is 6.92 Å². The lowest BCUT2D eigenvalue weighted by Gasteiger charge is -2.37. The Kier molecular flexibility index (Phi) is 4.69. The predicted molar refractivity (Wildman–Crippen MR) is 121 cm³/mol. The molecular formula is C26H28O7. The van der Waals surface area contributed by atoms with Crippen LogP contribution in [0.2, 0.25) is 0 Å². The number of phenols is 2. The van der Waals surface area contributed by atoms with Crippen LogP contribution in [-0.4, -0.2) is 38.4 Å². The lowest BCUT2D eigenvalue weighted by atomic mass is 9.79. The molecule has 2 aromatic rings. The maximum absolute atomic E-state index is 13.8. The van der Waals surface area contributed by atoms with Crippen molar-refractivity contribution in [1.82, 2.24) is 0 Å². The summed E-state index contributed by atoms with van der Waals surface area (Å²) in [5.41, 5.74) is -0.461. The second kappa shape index (κ2) is 7.15. The molecule has 7 nitrogen and oxygen atoms in total. The number of hydrogen-bond donors (Lipinski definition) is 3. The number of benzene rings is 2. The van der Waals surface area contributed by atoms with Crippen molar-refractivity contribution in [2.75, 3.05) is 0 Å². The minimum atomic E-state index is -1.25. The van der Waals surface area contributed by atoms with Crippen molar-refractivity contribution in [3.05, 3.63) is 47.0 Å². The van der Waals surface area contributed by atoms with E-state index in [1.807, 2.05) is 26.0 Å². The van der Waals surface area contributed by atoms with Crippen molar-refractivity contribution in [2.45, 2.75) is 63.9 Å². The molecule has 0 aromatic heterocycles. The molecule has 0 saturated heterocycles. The van der Waals surface area contributed by atoms with Gasteiger partial charge >= 0.3 is 0 Å². The van der Waals surface area contributed by atoms with Crippen molar-refractivity contribution < 1.29 is 34.3 Å². The molecule has 3 unspecified atom stereocenters. The summed E-state index contributed by atoms with van der Waals surface area (Å²) in [5, 5.41) is 31.6. The average Bonchev–Trinajstić information content (AvgIpc) is 2.90. The van der Waals surface area contributed by atoms with Gasteiger partial charge < -0.3 is 29.5 Å². The van der Waals surface area contributed by atoms with Gasteiger partial charge in [-0.15, -0.1) is 0 Å². The van der Waals surface area contributed by atoms with E-state index < -0.39 is 29.3 Å². The third-order valence-electron chi connectivity index (χ3n) is 6.93. The summed E-state index contributed by atoms with van der Waals surface area (Å²) in [6.45, 7) is 7.19. The third kappa shape index (κ3) is 3.42. The summed E-state index contributed by atoms with van der Waals surface area (Å²) in [7, 11) is 0. The number of hydrogen-bond acceptors (Lipinski definition) is 7. The Morgan fingerprint density at radius 1 is 1.15 bits per heavy atom. The maximum Gasteiger partial charge on any atom is 0.177 e. The van der Waals surface area contributed by atoms with Crippen LogP contribution in [0.15, 0.2) is 30.3 Å². The van der Waals surface area contributed by atoms with Gasteiger partial charge in [0, 0.05) is 24.1 Å². The van der Waals surface area contributed by atoms with Gasteiger partial charge in [-0.2, -0.15) is 0 Å². The summed E-state index contributed by atoms with van der Waals surface area (Å²) in [5.74, 6) is -0.0898. The van der Waals surface area contributed by atoms with E-state index in [9.17, 15) is 20.1 Å². The van der Waals surface area contributed by atoms with Crippen molar-refractivity contribution >= 4 is 11.9 Å². The highest BCUT2D eigenvalue weighted by molar-refractivity contribution is 6.06. The fourth-order valence-electron chi connectivity index (χ4n) is 4.74. The van der Waals surface area contributed by atoms with E-state index in [0.29, 0.717) is 22.6 Å². The van der Waals surface area contributed by atoms with Crippen LogP contribution in [0.25, 0.3) is 6.08 Å². The summed E-state index contributed by atoms with van der Waals surface area (Å²) in [4.78, 5) is 13.8. The smallest absolute Gasteiger partial charge is 0.177 e. The minimum absolute atomic E-state index is 0.00874. The first-order valence-electron chi connectivity index (χ1n) is 11.2. The van der Waals surface area contributed by atoms with E-state index in [2.05, 4.69) is 0 Å².